The number of aromatic nitrogens is 1. The Labute approximate surface area is 122 Å². The molecule has 5 nitrogen and oxygen atoms in total. The Morgan fingerprint density at radius 1 is 1.42 bits per heavy atom. The van der Waals surface area contributed by atoms with E-state index in [-0.39, 0.29) is 10.9 Å². The zero-order chi connectivity index (χ0) is 13.9. The van der Waals surface area contributed by atoms with E-state index in [0.717, 1.165) is 24.3 Å². The summed E-state index contributed by atoms with van der Waals surface area (Å²) in [7, 11) is -1.86. The Morgan fingerprint density at radius 2 is 2.11 bits per heavy atom. The molecule has 19 heavy (non-hydrogen) atoms. The van der Waals surface area contributed by atoms with Crippen molar-refractivity contribution in [1.29, 1.82) is 0 Å². The van der Waals surface area contributed by atoms with E-state index in [1.165, 1.54) is 12.3 Å². The van der Waals surface area contributed by atoms with Gasteiger partial charge in [0.05, 0.1) is 5.02 Å². The predicted octanol–water partition coefficient (Wildman–Crippen LogP) is 1.95. The molecule has 0 spiro atoms. The normalized spacial score (nSPS) is 17.4. The first-order valence-corrected chi connectivity index (χ1v) is 8.98. The maximum atomic E-state index is 12.2. The Morgan fingerprint density at radius 3 is 2.68 bits per heavy atom. The van der Waals surface area contributed by atoms with Crippen LogP contribution in [0.25, 0.3) is 0 Å². The standard InChI is InChI=1S/C11H16ClN3O2S2/c1-13-11-10(12)6-9(7-14-11)19(16,17)15-8-2-4-18-5-3-8/h6-8,15H,2-5H2,1H3,(H,13,14). The quantitative estimate of drug-likeness (QED) is 0.887. The summed E-state index contributed by atoms with van der Waals surface area (Å²) in [5.74, 6) is 2.45. The summed E-state index contributed by atoms with van der Waals surface area (Å²) in [4.78, 5) is 4.10. The number of sulfonamides is 1. The molecular formula is C11H16ClN3O2S2. The highest BCUT2D eigenvalue weighted by atomic mass is 35.5. The van der Waals surface area contributed by atoms with Gasteiger partial charge in [-0.05, 0) is 30.4 Å². The zero-order valence-corrected chi connectivity index (χ0v) is 12.9. The molecule has 0 bridgehead atoms. The SMILES string of the molecule is CNc1ncc(S(=O)(=O)NC2CCSCC2)cc1Cl. The molecule has 1 aliphatic rings. The number of rotatable bonds is 4. The van der Waals surface area contributed by atoms with Crippen LogP contribution in [0.5, 0.6) is 0 Å². The third kappa shape index (κ3) is 3.75. The van der Waals surface area contributed by atoms with Gasteiger partial charge in [-0.2, -0.15) is 11.8 Å². The lowest BCUT2D eigenvalue weighted by Crippen LogP contribution is -2.37. The molecule has 2 N–H and O–H groups in total. The van der Waals surface area contributed by atoms with Gasteiger partial charge in [0.15, 0.2) is 0 Å². The topological polar surface area (TPSA) is 71.1 Å². The molecule has 0 amide bonds. The van der Waals surface area contributed by atoms with Crippen molar-refractivity contribution in [1.82, 2.24) is 9.71 Å². The zero-order valence-electron chi connectivity index (χ0n) is 10.5. The van der Waals surface area contributed by atoms with Crippen molar-refractivity contribution in [2.24, 2.45) is 0 Å². The third-order valence-electron chi connectivity index (χ3n) is 2.91. The molecule has 8 heteroatoms. The van der Waals surface area contributed by atoms with Gasteiger partial charge in [-0.1, -0.05) is 11.6 Å². The van der Waals surface area contributed by atoms with Crippen molar-refractivity contribution in [3.8, 4) is 0 Å². The fourth-order valence-electron chi connectivity index (χ4n) is 1.85. The predicted molar refractivity (Wildman–Crippen MR) is 79.5 cm³/mol. The average molecular weight is 322 g/mol. The summed E-state index contributed by atoms with van der Waals surface area (Å²) in [6.45, 7) is 0. The van der Waals surface area contributed by atoms with Crippen LogP contribution < -0.4 is 10.0 Å². The van der Waals surface area contributed by atoms with E-state index < -0.39 is 10.0 Å². The molecule has 0 radical (unpaired) electrons. The molecule has 2 heterocycles. The molecule has 106 valence electrons. The molecule has 0 atom stereocenters. The summed E-state index contributed by atoms with van der Waals surface area (Å²) in [6.07, 6.45) is 3.04. The van der Waals surface area contributed by atoms with Crippen LogP contribution in [0.4, 0.5) is 5.82 Å². The fraction of sp³-hybridized carbons (Fsp3) is 0.545. The lowest BCUT2D eigenvalue weighted by atomic mass is 10.2. The first-order valence-electron chi connectivity index (χ1n) is 5.96. The lowest BCUT2D eigenvalue weighted by Gasteiger charge is -2.22. The van der Waals surface area contributed by atoms with Crippen LogP contribution in [0.1, 0.15) is 12.8 Å². The molecule has 0 aliphatic carbocycles. The number of thioether (sulfide) groups is 1. The minimum atomic E-state index is -3.54. The molecule has 1 aromatic rings. The lowest BCUT2D eigenvalue weighted by molar-refractivity contribution is 0.528. The van der Waals surface area contributed by atoms with Crippen LogP contribution in [0, 0.1) is 0 Å². The Bertz CT molecular complexity index is 545. The largest absolute Gasteiger partial charge is 0.372 e. The van der Waals surface area contributed by atoms with Crippen LogP contribution in [0.2, 0.25) is 5.02 Å². The number of pyridine rings is 1. The van der Waals surface area contributed by atoms with Crippen LogP contribution in [-0.2, 0) is 10.0 Å². The molecule has 2 rings (SSSR count). The summed E-state index contributed by atoms with van der Waals surface area (Å²) in [5.41, 5.74) is 0. The molecule has 0 saturated carbocycles. The summed E-state index contributed by atoms with van der Waals surface area (Å²) in [5, 5.41) is 3.09. The Balaban J connectivity index is 2.16. The third-order valence-corrected chi connectivity index (χ3v) is 5.73. The molecule has 1 aromatic heterocycles. The van der Waals surface area contributed by atoms with Gasteiger partial charge in [0.1, 0.15) is 10.7 Å². The highest BCUT2D eigenvalue weighted by Gasteiger charge is 2.22. The monoisotopic (exact) mass is 321 g/mol. The highest BCUT2D eigenvalue weighted by Crippen LogP contribution is 2.23. The second-order valence-electron chi connectivity index (χ2n) is 4.26. The van der Waals surface area contributed by atoms with Gasteiger partial charge in [0, 0.05) is 19.3 Å². The Hall–Kier alpha value is -0.500. The van der Waals surface area contributed by atoms with Crippen LogP contribution in [0.3, 0.4) is 0 Å². The van der Waals surface area contributed by atoms with Crippen molar-refractivity contribution in [2.75, 3.05) is 23.9 Å². The first kappa shape index (κ1) is 14.9. The molecule has 1 aliphatic heterocycles. The van der Waals surface area contributed by atoms with Crippen molar-refractivity contribution in [2.45, 2.75) is 23.8 Å². The van der Waals surface area contributed by atoms with E-state index >= 15 is 0 Å². The average Bonchev–Trinajstić information content (AvgIpc) is 2.39. The van der Waals surface area contributed by atoms with Gasteiger partial charge in [-0.3, -0.25) is 0 Å². The van der Waals surface area contributed by atoms with Crippen molar-refractivity contribution in [3.63, 3.8) is 0 Å². The van der Waals surface area contributed by atoms with Gasteiger partial charge in [0.2, 0.25) is 10.0 Å². The molecule has 1 saturated heterocycles. The minimum Gasteiger partial charge on any atom is -0.372 e. The molecular weight excluding hydrogens is 306 g/mol. The number of anilines is 1. The van der Waals surface area contributed by atoms with Crippen molar-refractivity contribution >= 4 is 39.2 Å². The van der Waals surface area contributed by atoms with Gasteiger partial charge in [-0.25, -0.2) is 18.1 Å². The van der Waals surface area contributed by atoms with E-state index in [4.69, 9.17) is 11.6 Å². The number of nitrogens with one attached hydrogen (secondary N) is 2. The summed E-state index contributed by atoms with van der Waals surface area (Å²) < 4.78 is 27.1. The first-order chi connectivity index (χ1) is 9.03. The Kier molecular flexibility index (Phi) is 4.94. The van der Waals surface area contributed by atoms with Crippen molar-refractivity contribution < 1.29 is 8.42 Å². The van der Waals surface area contributed by atoms with Gasteiger partial charge in [0.25, 0.3) is 0 Å². The number of hydrogen-bond acceptors (Lipinski definition) is 5. The second-order valence-corrected chi connectivity index (χ2v) is 7.61. The van der Waals surface area contributed by atoms with Crippen LogP contribution in [0.15, 0.2) is 17.2 Å². The maximum Gasteiger partial charge on any atom is 0.242 e. The summed E-state index contributed by atoms with van der Waals surface area (Å²) in [6, 6.07) is 1.43. The van der Waals surface area contributed by atoms with E-state index in [9.17, 15) is 8.42 Å². The number of halogens is 1. The van der Waals surface area contributed by atoms with E-state index in [1.807, 2.05) is 11.8 Å². The van der Waals surface area contributed by atoms with Gasteiger partial charge >= 0.3 is 0 Å². The summed E-state index contributed by atoms with van der Waals surface area (Å²) >= 11 is 7.81. The van der Waals surface area contributed by atoms with Gasteiger partial charge < -0.3 is 5.32 Å². The van der Waals surface area contributed by atoms with Crippen LogP contribution >= 0.6 is 23.4 Å². The highest BCUT2D eigenvalue weighted by molar-refractivity contribution is 7.99. The van der Waals surface area contributed by atoms with E-state index in [1.54, 1.807) is 7.05 Å². The molecule has 0 unspecified atom stereocenters. The van der Waals surface area contributed by atoms with Crippen molar-refractivity contribution in [3.05, 3.63) is 17.3 Å². The fourth-order valence-corrected chi connectivity index (χ4v) is 4.56. The van der Waals surface area contributed by atoms with Gasteiger partial charge in [-0.15, -0.1) is 0 Å². The molecule has 0 aromatic carbocycles. The second kappa shape index (κ2) is 6.30. The van der Waals surface area contributed by atoms with E-state index in [2.05, 4.69) is 15.0 Å². The number of nitrogens with zero attached hydrogens (tertiary/aromatic N) is 1. The maximum absolute atomic E-state index is 12.2. The van der Waals surface area contributed by atoms with E-state index in [0.29, 0.717) is 10.8 Å². The minimum absolute atomic E-state index is 0.00834. The molecule has 1 fully saturated rings. The smallest absolute Gasteiger partial charge is 0.242 e. The van der Waals surface area contributed by atoms with Crippen LogP contribution in [-0.4, -0.2) is 38.0 Å². The number of hydrogen-bond donors (Lipinski definition) is 2.